The average Bonchev–Trinajstić information content (AvgIpc) is 3.33. The summed E-state index contributed by atoms with van der Waals surface area (Å²) >= 11 is 0. The minimum absolute atomic E-state index is 0.00441. The van der Waals surface area contributed by atoms with E-state index < -0.39 is 5.72 Å². The van der Waals surface area contributed by atoms with Gasteiger partial charge in [0.15, 0.2) is 5.72 Å². The van der Waals surface area contributed by atoms with Crippen LogP contribution in [0.4, 0.5) is 4.39 Å². The Morgan fingerprint density at radius 1 is 1.14 bits per heavy atom. The monoisotopic (exact) mass is 380 g/mol. The molecule has 5 nitrogen and oxygen atoms in total. The summed E-state index contributed by atoms with van der Waals surface area (Å²) in [5, 5.41) is 0. The summed E-state index contributed by atoms with van der Waals surface area (Å²) < 4.78 is 20.2. The van der Waals surface area contributed by atoms with Gasteiger partial charge in [0.05, 0.1) is 31.5 Å². The second-order valence-electron chi connectivity index (χ2n) is 7.67. The molecule has 0 bridgehead atoms. The predicted molar refractivity (Wildman–Crippen MR) is 99.6 cm³/mol. The van der Waals surface area contributed by atoms with E-state index in [-0.39, 0.29) is 42.6 Å². The summed E-state index contributed by atoms with van der Waals surface area (Å²) in [7, 11) is 0. The number of carbonyl (C=O) groups is 2. The first kappa shape index (κ1) is 17.4. The second kappa shape index (κ2) is 6.41. The van der Waals surface area contributed by atoms with Crippen LogP contribution in [0.3, 0.4) is 0 Å². The first-order chi connectivity index (χ1) is 13.6. The van der Waals surface area contributed by atoms with E-state index in [1.165, 1.54) is 6.07 Å². The molecule has 0 aliphatic carbocycles. The Bertz CT molecular complexity index is 934. The molecule has 144 valence electrons. The third-order valence-electron chi connectivity index (χ3n) is 6.26. The fraction of sp³-hybridized carbons (Fsp3) is 0.364. The van der Waals surface area contributed by atoms with Crippen molar-refractivity contribution in [1.82, 2.24) is 9.80 Å². The zero-order chi connectivity index (χ0) is 19.3. The van der Waals surface area contributed by atoms with E-state index in [4.69, 9.17) is 4.74 Å². The summed E-state index contributed by atoms with van der Waals surface area (Å²) in [5.74, 6) is -0.525. The van der Waals surface area contributed by atoms with Crippen molar-refractivity contribution in [3.63, 3.8) is 0 Å². The molecular formula is C22H21FN2O3. The van der Waals surface area contributed by atoms with Crippen molar-refractivity contribution < 1.29 is 18.7 Å². The van der Waals surface area contributed by atoms with Crippen LogP contribution in [0.2, 0.25) is 0 Å². The lowest BCUT2D eigenvalue weighted by atomic mass is 10.0. The van der Waals surface area contributed by atoms with Crippen LogP contribution >= 0.6 is 0 Å². The Morgan fingerprint density at radius 2 is 1.89 bits per heavy atom. The molecule has 3 aliphatic rings. The third-order valence-corrected chi connectivity index (χ3v) is 6.26. The number of nitrogens with zero attached hydrogens (tertiary/aromatic N) is 2. The fourth-order valence-corrected chi connectivity index (χ4v) is 4.97. The van der Waals surface area contributed by atoms with Crippen LogP contribution in [0.15, 0.2) is 54.6 Å². The van der Waals surface area contributed by atoms with E-state index in [1.807, 2.05) is 35.2 Å². The highest BCUT2D eigenvalue weighted by atomic mass is 19.1. The molecular weight excluding hydrogens is 359 g/mol. The lowest BCUT2D eigenvalue weighted by Gasteiger charge is -2.33. The van der Waals surface area contributed by atoms with Gasteiger partial charge in [-0.05, 0) is 17.2 Å². The molecule has 3 atom stereocenters. The number of amides is 2. The fourth-order valence-electron chi connectivity index (χ4n) is 4.97. The highest BCUT2D eigenvalue weighted by molar-refractivity contribution is 5.86. The van der Waals surface area contributed by atoms with E-state index in [0.29, 0.717) is 25.1 Å². The lowest BCUT2D eigenvalue weighted by Crippen LogP contribution is -2.49. The quantitative estimate of drug-likeness (QED) is 0.823. The van der Waals surface area contributed by atoms with E-state index >= 15 is 0 Å². The smallest absolute Gasteiger partial charge is 0.227 e. The molecule has 5 rings (SSSR count). The molecule has 0 N–H and O–H groups in total. The largest absolute Gasteiger partial charge is 0.351 e. The average molecular weight is 380 g/mol. The maximum absolute atomic E-state index is 14.0. The Labute approximate surface area is 162 Å². The van der Waals surface area contributed by atoms with Crippen molar-refractivity contribution >= 4 is 11.8 Å². The van der Waals surface area contributed by atoms with Crippen LogP contribution in [0.1, 0.15) is 30.0 Å². The van der Waals surface area contributed by atoms with Gasteiger partial charge in [-0.1, -0.05) is 48.5 Å². The van der Waals surface area contributed by atoms with Gasteiger partial charge in [-0.2, -0.15) is 0 Å². The summed E-state index contributed by atoms with van der Waals surface area (Å²) in [6.45, 7) is 0.949. The molecule has 0 saturated carbocycles. The van der Waals surface area contributed by atoms with Gasteiger partial charge in [-0.25, -0.2) is 4.39 Å². The van der Waals surface area contributed by atoms with Crippen LogP contribution in [0, 0.1) is 5.82 Å². The number of benzene rings is 2. The molecule has 3 heterocycles. The normalized spacial score (nSPS) is 28.5. The van der Waals surface area contributed by atoms with E-state index in [9.17, 15) is 14.0 Å². The topological polar surface area (TPSA) is 49.9 Å². The molecule has 0 aromatic heterocycles. The Morgan fingerprint density at radius 3 is 2.68 bits per heavy atom. The maximum Gasteiger partial charge on any atom is 0.227 e. The summed E-state index contributed by atoms with van der Waals surface area (Å²) in [5.41, 5.74) is 0.677. The number of hydrogen-bond donors (Lipinski definition) is 0. The Hall–Kier alpha value is -2.73. The number of likely N-dealkylation sites (tertiary alicyclic amines) is 1. The van der Waals surface area contributed by atoms with Crippen molar-refractivity contribution in [3.05, 3.63) is 71.5 Å². The van der Waals surface area contributed by atoms with Crippen LogP contribution in [-0.4, -0.2) is 46.5 Å². The Kier molecular flexibility index (Phi) is 3.98. The third kappa shape index (κ3) is 2.48. The molecule has 1 spiro atoms. The van der Waals surface area contributed by atoms with Crippen LogP contribution in [0.5, 0.6) is 0 Å². The molecule has 0 radical (unpaired) electrons. The Balaban J connectivity index is 1.40. The molecule has 3 aliphatic heterocycles. The standard InChI is InChI=1S/C22H21FN2O3/c23-17-9-5-4-8-16(17)12-20(26)24-11-10-22-19(24)13-21(27)25(22)18(14-28-22)15-6-2-1-3-7-15/h1-9,18-19H,10-14H2/t18-,19+,22-/m0/s1. The molecule has 2 aromatic carbocycles. The highest BCUT2D eigenvalue weighted by Gasteiger charge is 2.65. The predicted octanol–water partition coefficient (Wildman–Crippen LogP) is 2.67. The number of carbonyl (C=O) groups excluding carboxylic acids is 2. The van der Waals surface area contributed by atoms with Crippen molar-refractivity contribution in [3.8, 4) is 0 Å². The number of hydrogen-bond acceptors (Lipinski definition) is 3. The van der Waals surface area contributed by atoms with Crippen molar-refractivity contribution in [2.45, 2.75) is 37.1 Å². The van der Waals surface area contributed by atoms with E-state index in [2.05, 4.69) is 0 Å². The van der Waals surface area contributed by atoms with Gasteiger partial charge in [0.25, 0.3) is 0 Å². The van der Waals surface area contributed by atoms with E-state index in [0.717, 1.165) is 5.56 Å². The molecule has 2 amide bonds. The number of halogens is 1. The van der Waals surface area contributed by atoms with Crippen LogP contribution in [-0.2, 0) is 20.7 Å². The van der Waals surface area contributed by atoms with Crippen molar-refractivity contribution in [1.29, 1.82) is 0 Å². The lowest BCUT2D eigenvalue weighted by molar-refractivity contribution is -0.141. The SMILES string of the molecule is O=C(Cc1ccccc1F)N1CC[C@@]23OC[C@@H](c4ccccc4)N2C(=O)C[C@@H]13. The zero-order valence-electron chi connectivity index (χ0n) is 15.4. The summed E-state index contributed by atoms with van der Waals surface area (Å²) in [6, 6.07) is 15.8. The van der Waals surface area contributed by atoms with Gasteiger partial charge < -0.3 is 14.5 Å². The van der Waals surface area contributed by atoms with Crippen LogP contribution in [0.25, 0.3) is 0 Å². The molecule has 28 heavy (non-hydrogen) atoms. The molecule has 0 unspecified atom stereocenters. The highest BCUT2D eigenvalue weighted by Crippen LogP contribution is 2.51. The minimum atomic E-state index is -0.748. The summed E-state index contributed by atoms with van der Waals surface area (Å²) in [6.07, 6.45) is 0.845. The second-order valence-corrected chi connectivity index (χ2v) is 7.67. The molecule has 3 fully saturated rings. The first-order valence-corrected chi connectivity index (χ1v) is 9.64. The van der Waals surface area contributed by atoms with Crippen molar-refractivity contribution in [2.75, 3.05) is 13.2 Å². The van der Waals surface area contributed by atoms with Gasteiger partial charge in [-0.3, -0.25) is 9.59 Å². The number of ether oxygens (including phenoxy) is 1. The van der Waals surface area contributed by atoms with Crippen LogP contribution < -0.4 is 0 Å². The zero-order valence-corrected chi connectivity index (χ0v) is 15.4. The molecule has 2 aromatic rings. The van der Waals surface area contributed by atoms with Gasteiger partial charge in [0.1, 0.15) is 5.82 Å². The minimum Gasteiger partial charge on any atom is -0.351 e. The molecule has 6 heteroatoms. The van der Waals surface area contributed by atoms with Gasteiger partial charge in [-0.15, -0.1) is 0 Å². The first-order valence-electron chi connectivity index (χ1n) is 9.64. The van der Waals surface area contributed by atoms with Gasteiger partial charge >= 0.3 is 0 Å². The summed E-state index contributed by atoms with van der Waals surface area (Å²) in [4.78, 5) is 29.4. The van der Waals surface area contributed by atoms with Gasteiger partial charge in [0, 0.05) is 13.0 Å². The number of rotatable bonds is 3. The van der Waals surface area contributed by atoms with Gasteiger partial charge in [0.2, 0.25) is 11.8 Å². The maximum atomic E-state index is 14.0. The molecule has 3 saturated heterocycles. The van der Waals surface area contributed by atoms with Crippen molar-refractivity contribution in [2.24, 2.45) is 0 Å². The van der Waals surface area contributed by atoms with E-state index in [1.54, 1.807) is 23.1 Å².